The van der Waals surface area contributed by atoms with E-state index in [1.165, 1.54) is 12.1 Å². The van der Waals surface area contributed by atoms with Crippen LogP contribution in [0.5, 0.6) is 17.2 Å². The molecule has 0 radical (unpaired) electrons. The topological polar surface area (TPSA) is 93.1 Å². The van der Waals surface area contributed by atoms with Gasteiger partial charge in [-0.1, -0.05) is 24.3 Å². The fourth-order valence-corrected chi connectivity index (χ4v) is 4.13. The Morgan fingerprint density at radius 3 is 2.40 bits per heavy atom. The number of aromatic hydroxyl groups is 2. The summed E-state index contributed by atoms with van der Waals surface area (Å²) < 4.78 is 11.7. The van der Waals surface area contributed by atoms with E-state index in [2.05, 4.69) is 0 Å². The molecule has 0 saturated carbocycles. The van der Waals surface area contributed by atoms with Crippen molar-refractivity contribution in [2.75, 3.05) is 6.61 Å². The second-order valence-electron chi connectivity index (χ2n) is 6.62. The number of ether oxygens (including phenoxy) is 2. The fourth-order valence-electron chi connectivity index (χ4n) is 4.13. The number of phenols is 2. The van der Waals surface area contributed by atoms with E-state index in [0.29, 0.717) is 22.4 Å². The van der Waals surface area contributed by atoms with E-state index in [1.807, 2.05) is 0 Å². The van der Waals surface area contributed by atoms with Crippen LogP contribution >= 0.6 is 0 Å². The highest BCUT2D eigenvalue weighted by Gasteiger charge is 2.55. The summed E-state index contributed by atoms with van der Waals surface area (Å²) in [5.74, 6) is -1.51. The highest BCUT2D eigenvalue weighted by molar-refractivity contribution is 6.17. The van der Waals surface area contributed by atoms with Crippen molar-refractivity contribution in [3.63, 3.8) is 0 Å². The van der Waals surface area contributed by atoms with Crippen LogP contribution in [0.2, 0.25) is 0 Å². The van der Waals surface area contributed by atoms with E-state index in [1.54, 1.807) is 24.3 Å². The molecule has 0 spiro atoms. The number of rotatable bonds is 0. The van der Waals surface area contributed by atoms with Crippen LogP contribution < -0.4 is 4.74 Å². The van der Waals surface area contributed by atoms with Crippen molar-refractivity contribution in [1.82, 2.24) is 0 Å². The Hall–Kier alpha value is -2.86. The Morgan fingerprint density at radius 1 is 0.960 bits per heavy atom. The Balaban J connectivity index is 1.60. The Morgan fingerprint density at radius 2 is 1.64 bits per heavy atom. The summed E-state index contributed by atoms with van der Waals surface area (Å²) in [4.78, 5) is 25.8. The molecule has 0 bridgehead atoms. The SMILES string of the molecule is O=C1c2ccccc2C(=O)C2C1OCC1c3cc(O)c(O)cc3OC12. The van der Waals surface area contributed by atoms with Crippen molar-refractivity contribution < 1.29 is 29.3 Å². The van der Waals surface area contributed by atoms with Gasteiger partial charge in [0.25, 0.3) is 0 Å². The largest absolute Gasteiger partial charge is 0.504 e. The highest BCUT2D eigenvalue weighted by atomic mass is 16.5. The lowest BCUT2D eigenvalue weighted by Gasteiger charge is -2.40. The number of fused-ring (bicyclic) bond motifs is 6. The van der Waals surface area contributed by atoms with Gasteiger partial charge in [-0.15, -0.1) is 0 Å². The molecular weight excluding hydrogens is 324 g/mol. The van der Waals surface area contributed by atoms with Gasteiger partial charge in [-0.2, -0.15) is 0 Å². The maximum Gasteiger partial charge on any atom is 0.193 e. The number of hydrogen-bond donors (Lipinski definition) is 2. The maximum atomic E-state index is 13.0. The number of phenolic OH excluding ortho intramolecular Hbond substituents is 2. The molecule has 3 aliphatic rings. The zero-order valence-corrected chi connectivity index (χ0v) is 13.0. The van der Waals surface area contributed by atoms with Gasteiger partial charge in [0.2, 0.25) is 0 Å². The predicted molar refractivity (Wildman–Crippen MR) is 85.3 cm³/mol. The van der Waals surface area contributed by atoms with Crippen LogP contribution in [0.25, 0.3) is 0 Å². The number of Topliss-reactive ketones (excluding diaryl/α,β-unsaturated/α-hetero) is 2. The molecule has 2 aliphatic heterocycles. The first-order chi connectivity index (χ1) is 12.1. The number of benzene rings is 2. The van der Waals surface area contributed by atoms with Crippen molar-refractivity contribution in [2.24, 2.45) is 5.92 Å². The predicted octanol–water partition coefficient (Wildman–Crippen LogP) is 2.04. The Labute approximate surface area is 142 Å². The molecule has 2 heterocycles. The van der Waals surface area contributed by atoms with Gasteiger partial charge in [-0.05, 0) is 6.07 Å². The first-order valence-electron chi connectivity index (χ1n) is 8.08. The smallest absolute Gasteiger partial charge is 0.193 e. The molecule has 5 rings (SSSR count). The molecule has 4 atom stereocenters. The number of hydrogen-bond acceptors (Lipinski definition) is 6. The minimum absolute atomic E-state index is 0.170. The van der Waals surface area contributed by atoms with Crippen LogP contribution in [0, 0.1) is 5.92 Å². The van der Waals surface area contributed by atoms with Crippen molar-refractivity contribution in [3.05, 3.63) is 53.1 Å². The van der Waals surface area contributed by atoms with E-state index >= 15 is 0 Å². The average molecular weight is 338 g/mol. The Kier molecular flexibility index (Phi) is 2.80. The molecule has 1 aliphatic carbocycles. The average Bonchev–Trinajstić information content (AvgIpc) is 2.97. The second kappa shape index (κ2) is 4.83. The molecular formula is C19H14O6. The summed E-state index contributed by atoms with van der Waals surface area (Å²) in [6.07, 6.45) is -1.42. The van der Waals surface area contributed by atoms with Crippen molar-refractivity contribution >= 4 is 11.6 Å². The summed E-state index contributed by atoms with van der Waals surface area (Å²) in [5, 5.41) is 19.5. The van der Waals surface area contributed by atoms with Crippen LogP contribution in [0.15, 0.2) is 36.4 Å². The standard InChI is InChI=1S/C19H14O6/c20-12-5-10-11-7-24-19-15(18(11)25-14(10)6-13(12)21)16(22)8-3-1-2-4-9(8)17(19)23/h1-6,11,15,18-21H,7H2. The summed E-state index contributed by atoms with van der Waals surface area (Å²) >= 11 is 0. The number of ketones is 2. The molecule has 1 saturated heterocycles. The van der Waals surface area contributed by atoms with Gasteiger partial charge in [0.15, 0.2) is 23.1 Å². The van der Waals surface area contributed by atoms with E-state index in [-0.39, 0.29) is 35.6 Å². The van der Waals surface area contributed by atoms with Crippen molar-refractivity contribution in [1.29, 1.82) is 0 Å². The third-order valence-electron chi connectivity index (χ3n) is 5.32. The lowest BCUT2D eigenvalue weighted by molar-refractivity contribution is -0.0593. The molecule has 25 heavy (non-hydrogen) atoms. The van der Waals surface area contributed by atoms with Gasteiger partial charge in [-0.25, -0.2) is 0 Å². The van der Waals surface area contributed by atoms with Crippen LogP contribution in [-0.2, 0) is 4.74 Å². The van der Waals surface area contributed by atoms with Crippen LogP contribution in [-0.4, -0.2) is 40.6 Å². The quantitative estimate of drug-likeness (QED) is 0.714. The first-order valence-corrected chi connectivity index (χ1v) is 8.08. The zero-order chi connectivity index (χ0) is 17.3. The number of carbonyl (C=O) groups is 2. The summed E-state index contributed by atoms with van der Waals surface area (Å²) in [6.45, 7) is 0.213. The van der Waals surface area contributed by atoms with E-state index in [0.717, 1.165) is 0 Å². The van der Waals surface area contributed by atoms with E-state index in [4.69, 9.17) is 9.47 Å². The molecule has 0 aromatic heterocycles. The molecule has 6 heteroatoms. The third kappa shape index (κ3) is 1.83. The second-order valence-corrected chi connectivity index (χ2v) is 6.62. The summed E-state index contributed by atoms with van der Waals surface area (Å²) in [5.41, 5.74) is 1.46. The Bertz CT molecular complexity index is 934. The zero-order valence-electron chi connectivity index (χ0n) is 13.0. The normalized spacial score (nSPS) is 29.3. The summed E-state index contributed by atoms with van der Waals surface area (Å²) in [6, 6.07) is 9.51. The molecule has 2 N–H and O–H groups in total. The lowest BCUT2D eigenvalue weighted by Crippen LogP contribution is -2.54. The minimum atomic E-state index is -0.861. The van der Waals surface area contributed by atoms with Gasteiger partial charge >= 0.3 is 0 Å². The number of carbonyl (C=O) groups excluding carboxylic acids is 2. The maximum absolute atomic E-state index is 13.0. The van der Waals surface area contributed by atoms with Crippen LogP contribution in [0.3, 0.4) is 0 Å². The fraction of sp³-hybridized carbons (Fsp3) is 0.263. The van der Waals surface area contributed by atoms with Crippen molar-refractivity contribution in [2.45, 2.75) is 18.1 Å². The van der Waals surface area contributed by atoms with E-state index < -0.39 is 18.1 Å². The highest BCUT2D eigenvalue weighted by Crippen LogP contribution is 2.50. The molecule has 4 unspecified atom stereocenters. The molecule has 2 aromatic rings. The molecule has 1 fully saturated rings. The van der Waals surface area contributed by atoms with Crippen LogP contribution in [0.1, 0.15) is 32.2 Å². The molecule has 126 valence electrons. The minimum Gasteiger partial charge on any atom is -0.504 e. The molecule has 2 aromatic carbocycles. The van der Waals surface area contributed by atoms with E-state index in [9.17, 15) is 19.8 Å². The van der Waals surface area contributed by atoms with Gasteiger partial charge in [-0.3, -0.25) is 9.59 Å². The third-order valence-corrected chi connectivity index (χ3v) is 5.32. The van der Waals surface area contributed by atoms with Crippen molar-refractivity contribution in [3.8, 4) is 17.2 Å². The van der Waals surface area contributed by atoms with Gasteiger partial charge in [0.05, 0.1) is 12.5 Å². The molecule has 6 nitrogen and oxygen atoms in total. The summed E-state index contributed by atoms with van der Waals surface area (Å²) in [7, 11) is 0. The van der Waals surface area contributed by atoms with Crippen LogP contribution in [0.4, 0.5) is 0 Å². The van der Waals surface area contributed by atoms with Gasteiger partial charge < -0.3 is 19.7 Å². The first kappa shape index (κ1) is 14.5. The van der Waals surface area contributed by atoms with Gasteiger partial charge in [0.1, 0.15) is 18.0 Å². The molecule has 0 amide bonds. The lowest BCUT2D eigenvalue weighted by atomic mass is 9.72. The monoisotopic (exact) mass is 338 g/mol. The van der Waals surface area contributed by atoms with Gasteiger partial charge in [0, 0.05) is 28.7 Å².